The summed E-state index contributed by atoms with van der Waals surface area (Å²) in [4.78, 5) is 4.72. The first-order valence-corrected chi connectivity index (χ1v) is 9.19. The van der Waals surface area contributed by atoms with Gasteiger partial charge in [0.1, 0.15) is 6.61 Å². The zero-order chi connectivity index (χ0) is 17.4. The summed E-state index contributed by atoms with van der Waals surface area (Å²) in [5.41, 5.74) is 4.14. The van der Waals surface area contributed by atoms with Crippen LogP contribution in [0.15, 0.2) is 30.3 Å². The van der Waals surface area contributed by atoms with Gasteiger partial charge in [0.2, 0.25) is 0 Å². The van der Waals surface area contributed by atoms with Crippen LogP contribution in [0.5, 0.6) is 11.5 Å². The smallest absolute Gasteiger partial charge is 0.165 e. The minimum absolute atomic E-state index is 0.219. The lowest BCUT2D eigenvalue weighted by Gasteiger charge is -2.18. The van der Waals surface area contributed by atoms with Crippen molar-refractivity contribution in [3.05, 3.63) is 52.2 Å². The number of aryl methyl sites for hydroxylation is 2. The van der Waals surface area contributed by atoms with E-state index in [-0.39, 0.29) is 5.75 Å². The molecule has 0 fully saturated rings. The van der Waals surface area contributed by atoms with Crippen LogP contribution in [0.4, 0.5) is 0 Å². The predicted octanol–water partition coefficient (Wildman–Crippen LogP) is 3.86. The number of H-pyrrole nitrogens is 1. The SMILES string of the molecule is Cc1cc(CN2CCOc3c(O)cc(-c4ccc(C)s4)cc3C2)n[nH]1. The highest BCUT2D eigenvalue weighted by atomic mass is 32.1. The Morgan fingerprint density at radius 2 is 2.16 bits per heavy atom. The van der Waals surface area contributed by atoms with Gasteiger partial charge in [-0.3, -0.25) is 10.00 Å². The van der Waals surface area contributed by atoms with Crippen molar-refractivity contribution in [2.75, 3.05) is 13.2 Å². The van der Waals surface area contributed by atoms with Gasteiger partial charge in [-0.1, -0.05) is 0 Å². The van der Waals surface area contributed by atoms with E-state index in [0.29, 0.717) is 12.4 Å². The van der Waals surface area contributed by atoms with Gasteiger partial charge in [-0.2, -0.15) is 5.10 Å². The van der Waals surface area contributed by atoms with E-state index in [1.54, 1.807) is 17.4 Å². The Hall–Kier alpha value is -2.31. The monoisotopic (exact) mass is 355 g/mol. The fourth-order valence-electron chi connectivity index (χ4n) is 3.20. The van der Waals surface area contributed by atoms with E-state index in [4.69, 9.17) is 4.74 Å². The molecule has 2 N–H and O–H groups in total. The minimum atomic E-state index is 0.219. The Kier molecular flexibility index (Phi) is 4.23. The summed E-state index contributed by atoms with van der Waals surface area (Å²) in [5, 5.41) is 17.8. The first-order chi connectivity index (χ1) is 12.1. The van der Waals surface area contributed by atoms with Crippen LogP contribution in [-0.2, 0) is 13.1 Å². The van der Waals surface area contributed by atoms with E-state index < -0.39 is 0 Å². The zero-order valence-electron chi connectivity index (χ0n) is 14.4. The van der Waals surface area contributed by atoms with Crippen molar-refractivity contribution in [1.29, 1.82) is 0 Å². The topological polar surface area (TPSA) is 61.4 Å². The summed E-state index contributed by atoms with van der Waals surface area (Å²) in [7, 11) is 0. The number of aromatic hydroxyl groups is 1. The Labute approximate surface area is 150 Å². The lowest BCUT2D eigenvalue weighted by molar-refractivity contribution is 0.215. The third kappa shape index (κ3) is 3.41. The number of ether oxygens (including phenoxy) is 1. The van der Waals surface area contributed by atoms with Gasteiger partial charge in [0.15, 0.2) is 11.5 Å². The molecule has 1 aliphatic rings. The van der Waals surface area contributed by atoms with E-state index in [1.165, 1.54) is 4.88 Å². The summed E-state index contributed by atoms with van der Waals surface area (Å²) in [6.07, 6.45) is 0. The normalized spacial score (nSPS) is 14.8. The van der Waals surface area contributed by atoms with Crippen LogP contribution < -0.4 is 4.74 Å². The lowest BCUT2D eigenvalue weighted by Crippen LogP contribution is -2.25. The molecule has 25 heavy (non-hydrogen) atoms. The molecule has 1 aliphatic heterocycles. The van der Waals surface area contributed by atoms with Crippen LogP contribution in [0.2, 0.25) is 0 Å². The second-order valence-electron chi connectivity index (χ2n) is 6.50. The standard InChI is InChI=1S/C19H21N3O2S/c1-12-7-16(21-20-12)11-22-5-6-24-19-15(10-22)8-14(9-17(19)23)18-4-3-13(2)25-18/h3-4,7-9,23H,5-6,10-11H2,1-2H3,(H,20,21). The number of phenolic OH excluding ortho intramolecular Hbond substituents is 1. The summed E-state index contributed by atoms with van der Waals surface area (Å²) in [5.74, 6) is 0.828. The second kappa shape index (κ2) is 6.54. The van der Waals surface area contributed by atoms with E-state index in [0.717, 1.165) is 47.0 Å². The van der Waals surface area contributed by atoms with Gasteiger partial charge in [0.25, 0.3) is 0 Å². The van der Waals surface area contributed by atoms with Crippen LogP contribution >= 0.6 is 11.3 Å². The Balaban J connectivity index is 1.63. The molecule has 3 heterocycles. The van der Waals surface area contributed by atoms with Crippen LogP contribution in [0.3, 0.4) is 0 Å². The molecule has 0 unspecified atom stereocenters. The Morgan fingerprint density at radius 1 is 1.28 bits per heavy atom. The maximum absolute atomic E-state index is 10.5. The molecule has 0 radical (unpaired) electrons. The lowest BCUT2D eigenvalue weighted by atomic mass is 10.1. The highest BCUT2D eigenvalue weighted by Gasteiger charge is 2.20. The van der Waals surface area contributed by atoms with Gasteiger partial charge in [-0.25, -0.2) is 0 Å². The number of phenols is 1. The number of aromatic amines is 1. The number of thiophene rings is 1. The fourth-order valence-corrected chi connectivity index (χ4v) is 4.06. The molecule has 0 aliphatic carbocycles. The summed E-state index contributed by atoms with van der Waals surface area (Å²) in [6.45, 7) is 6.94. The molecule has 2 aromatic heterocycles. The van der Waals surface area contributed by atoms with Gasteiger partial charge in [0, 0.05) is 40.6 Å². The van der Waals surface area contributed by atoms with Gasteiger partial charge < -0.3 is 9.84 Å². The molecule has 0 spiro atoms. The molecule has 6 heteroatoms. The van der Waals surface area contributed by atoms with Gasteiger partial charge in [0.05, 0.1) is 5.69 Å². The molecular weight excluding hydrogens is 334 g/mol. The molecule has 0 saturated carbocycles. The third-order valence-electron chi connectivity index (χ3n) is 4.36. The van der Waals surface area contributed by atoms with Gasteiger partial charge >= 0.3 is 0 Å². The number of fused-ring (bicyclic) bond motifs is 1. The molecule has 1 aromatic carbocycles. The van der Waals surface area contributed by atoms with Crippen molar-refractivity contribution in [1.82, 2.24) is 15.1 Å². The average Bonchev–Trinajstić information content (AvgIpc) is 3.11. The quantitative estimate of drug-likeness (QED) is 0.749. The van der Waals surface area contributed by atoms with E-state index in [2.05, 4.69) is 46.3 Å². The van der Waals surface area contributed by atoms with Crippen molar-refractivity contribution in [2.24, 2.45) is 0 Å². The maximum Gasteiger partial charge on any atom is 0.165 e. The summed E-state index contributed by atoms with van der Waals surface area (Å²) in [6, 6.07) is 10.2. The van der Waals surface area contributed by atoms with Gasteiger partial charge in [-0.15, -0.1) is 11.3 Å². The maximum atomic E-state index is 10.5. The number of rotatable bonds is 3. The fraction of sp³-hybridized carbons (Fsp3) is 0.316. The van der Waals surface area contributed by atoms with Crippen LogP contribution in [0.25, 0.3) is 10.4 Å². The minimum Gasteiger partial charge on any atom is -0.504 e. The Bertz CT molecular complexity index is 900. The van der Waals surface area contributed by atoms with Crippen molar-refractivity contribution in [3.63, 3.8) is 0 Å². The number of nitrogens with zero attached hydrogens (tertiary/aromatic N) is 2. The molecule has 130 valence electrons. The highest BCUT2D eigenvalue weighted by Crippen LogP contribution is 2.39. The molecule has 4 rings (SSSR count). The molecule has 3 aromatic rings. The molecule has 5 nitrogen and oxygen atoms in total. The number of hydrogen-bond donors (Lipinski definition) is 2. The molecular formula is C19H21N3O2S. The Morgan fingerprint density at radius 3 is 2.88 bits per heavy atom. The largest absolute Gasteiger partial charge is 0.504 e. The molecule has 0 atom stereocenters. The number of aromatic nitrogens is 2. The van der Waals surface area contributed by atoms with Gasteiger partial charge in [-0.05, 0) is 49.7 Å². The van der Waals surface area contributed by atoms with Crippen molar-refractivity contribution in [2.45, 2.75) is 26.9 Å². The summed E-state index contributed by atoms with van der Waals surface area (Å²) >= 11 is 1.73. The highest BCUT2D eigenvalue weighted by molar-refractivity contribution is 7.15. The van der Waals surface area contributed by atoms with Crippen LogP contribution in [-0.4, -0.2) is 33.4 Å². The second-order valence-corrected chi connectivity index (χ2v) is 7.78. The van der Waals surface area contributed by atoms with E-state index in [9.17, 15) is 5.11 Å². The zero-order valence-corrected chi connectivity index (χ0v) is 15.2. The summed E-state index contributed by atoms with van der Waals surface area (Å²) < 4.78 is 5.83. The van der Waals surface area contributed by atoms with Crippen molar-refractivity contribution in [3.8, 4) is 21.9 Å². The van der Waals surface area contributed by atoms with Crippen molar-refractivity contribution >= 4 is 11.3 Å². The first-order valence-electron chi connectivity index (χ1n) is 8.37. The molecule has 0 saturated heterocycles. The van der Waals surface area contributed by atoms with Crippen LogP contribution in [0, 0.1) is 13.8 Å². The molecule has 0 amide bonds. The number of benzene rings is 1. The van der Waals surface area contributed by atoms with E-state index >= 15 is 0 Å². The van der Waals surface area contributed by atoms with Crippen LogP contribution in [0.1, 0.15) is 21.8 Å². The van der Waals surface area contributed by atoms with Crippen molar-refractivity contribution < 1.29 is 9.84 Å². The first kappa shape index (κ1) is 16.2. The number of hydrogen-bond acceptors (Lipinski definition) is 5. The number of nitrogens with one attached hydrogen (secondary N) is 1. The molecule has 0 bridgehead atoms. The van der Waals surface area contributed by atoms with E-state index in [1.807, 2.05) is 6.92 Å². The third-order valence-corrected chi connectivity index (χ3v) is 5.41. The average molecular weight is 355 g/mol. The predicted molar refractivity (Wildman–Crippen MR) is 99.1 cm³/mol.